The number of anilines is 1. The van der Waals surface area contributed by atoms with Crippen molar-refractivity contribution in [3.8, 4) is 0 Å². The first-order valence-electron chi connectivity index (χ1n) is 8.87. The Morgan fingerprint density at radius 2 is 1.85 bits per heavy atom. The maximum Gasteiger partial charge on any atom is 0.282 e. The molecule has 0 radical (unpaired) electrons. The van der Waals surface area contributed by atoms with E-state index >= 15 is 0 Å². The lowest BCUT2D eigenvalue weighted by Crippen LogP contribution is -2.48. The van der Waals surface area contributed by atoms with E-state index in [0.717, 1.165) is 39.9 Å². The van der Waals surface area contributed by atoms with E-state index in [0.29, 0.717) is 18.1 Å². The van der Waals surface area contributed by atoms with Gasteiger partial charge in [0.15, 0.2) is 5.01 Å². The van der Waals surface area contributed by atoms with Crippen LogP contribution >= 0.6 is 11.3 Å². The van der Waals surface area contributed by atoms with Gasteiger partial charge in [0.25, 0.3) is 5.91 Å². The van der Waals surface area contributed by atoms with E-state index in [-0.39, 0.29) is 5.91 Å². The van der Waals surface area contributed by atoms with Gasteiger partial charge >= 0.3 is 0 Å². The van der Waals surface area contributed by atoms with E-state index in [9.17, 15) is 4.79 Å². The van der Waals surface area contributed by atoms with Gasteiger partial charge in [-0.15, -0.1) is 11.3 Å². The number of carbonyl (C=O) groups excluding carboxylic acids is 1. The van der Waals surface area contributed by atoms with E-state index in [1.165, 1.54) is 11.3 Å². The Bertz CT molecular complexity index is 1100. The fourth-order valence-electron chi connectivity index (χ4n) is 3.44. The number of hydrogen-bond donors (Lipinski definition) is 0. The van der Waals surface area contributed by atoms with Crippen LogP contribution in [0.3, 0.4) is 0 Å². The number of fused-ring (bicyclic) bond motifs is 2. The molecular formula is C20H17N5OS. The van der Waals surface area contributed by atoms with Crippen LogP contribution in [0.2, 0.25) is 0 Å². The van der Waals surface area contributed by atoms with Crippen LogP contribution in [0.5, 0.6) is 0 Å². The van der Waals surface area contributed by atoms with Gasteiger partial charge in [0.05, 0.1) is 15.7 Å². The van der Waals surface area contributed by atoms with Crippen molar-refractivity contribution in [2.24, 2.45) is 0 Å². The lowest BCUT2D eigenvalue weighted by molar-refractivity contribution is 0.0746. The molecule has 3 heterocycles. The number of nitrogens with zero attached hydrogens (tertiary/aromatic N) is 5. The van der Waals surface area contributed by atoms with Gasteiger partial charge in [0, 0.05) is 43.4 Å². The highest BCUT2D eigenvalue weighted by molar-refractivity contribution is 7.20. The summed E-state index contributed by atoms with van der Waals surface area (Å²) < 4.78 is 1.05. The van der Waals surface area contributed by atoms with Gasteiger partial charge < -0.3 is 9.80 Å². The van der Waals surface area contributed by atoms with Crippen molar-refractivity contribution < 1.29 is 4.79 Å². The van der Waals surface area contributed by atoms with Gasteiger partial charge in [0.1, 0.15) is 6.33 Å². The number of amides is 1. The molecule has 4 aromatic rings. The first-order valence-corrected chi connectivity index (χ1v) is 9.69. The summed E-state index contributed by atoms with van der Waals surface area (Å²) in [6, 6.07) is 14.1. The molecule has 27 heavy (non-hydrogen) atoms. The highest BCUT2D eigenvalue weighted by Gasteiger charge is 2.24. The molecule has 0 saturated carbocycles. The van der Waals surface area contributed by atoms with Crippen molar-refractivity contribution in [2.45, 2.75) is 0 Å². The fraction of sp³-hybridized carbons (Fsp3) is 0.200. The quantitative estimate of drug-likeness (QED) is 0.538. The Balaban J connectivity index is 1.30. The summed E-state index contributed by atoms with van der Waals surface area (Å²) in [6.45, 7) is 2.99. The van der Waals surface area contributed by atoms with E-state index < -0.39 is 0 Å². The molecule has 1 saturated heterocycles. The highest BCUT2D eigenvalue weighted by atomic mass is 32.1. The Morgan fingerprint density at radius 1 is 1.00 bits per heavy atom. The minimum atomic E-state index is 0.0303. The minimum Gasteiger partial charge on any atom is -0.368 e. The van der Waals surface area contributed by atoms with E-state index in [1.807, 2.05) is 41.4 Å². The summed E-state index contributed by atoms with van der Waals surface area (Å²) in [5.74, 6) is 0.0303. The summed E-state index contributed by atoms with van der Waals surface area (Å²) in [5.41, 5.74) is 2.98. The van der Waals surface area contributed by atoms with Gasteiger partial charge in [-0.3, -0.25) is 4.79 Å². The average Bonchev–Trinajstić information content (AvgIpc) is 3.17. The molecule has 0 bridgehead atoms. The summed E-state index contributed by atoms with van der Waals surface area (Å²) in [4.78, 5) is 29.9. The van der Waals surface area contributed by atoms with Gasteiger partial charge in [-0.25, -0.2) is 15.0 Å². The topological polar surface area (TPSA) is 62.2 Å². The third-order valence-corrected chi connectivity index (χ3v) is 5.92. The number of piperazine rings is 1. The Morgan fingerprint density at radius 3 is 2.70 bits per heavy atom. The van der Waals surface area contributed by atoms with Crippen LogP contribution in [0, 0.1) is 0 Å². The Kier molecular flexibility index (Phi) is 3.94. The second-order valence-corrected chi connectivity index (χ2v) is 7.56. The van der Waals surface area contributed by atoms with Gasteiger partial charge in [-0.05, 0) is 30.3 Å². The molecule has 2 aromatic carbocycles. The molecular weight excluding hydrogens is 358 g/mol. The molecule has 0 atom stereocenters. The van der Waals surface area contributed by atoms with Crippen LogP contribution in [0.4, 0.5) is 5.69 Å². The first kappa shape index (κ1) is 16.1. The smallest absolute Gasteiger partial charge is 0.282 e. The number of rotatable bonds is 2. The van der Waals surface area contributed by atoms with Crippen LogP contribution in [0.15, 0.2) is 55.0 Å². The Hall–Kier alpha value is -3.06. The van der Waals surface area contributed by atoms with Gasteiger partial charge in [0.2, 0.25) is 0 Å². The number of aromatic nitrogens is 3. The molecule has 0 unspecified atom stereocenters. The zero-order valence-corrected chi connectivity index (χ0v) is 15.4. The van der Waals surface area contributed by atoms with Crippen molar-refractivity contribution in [3.63, 3.8) is 0 Å². The van der Waals surface area contributed by atoms with Crippen LogP contribution in [-0.2, 0) is 0 Å². The van der Waals surface area contributed by atoms with Crippen LogP contribution in [0.1, 0.15) is 9.80 Å². The monoisotopic (exact) mass is 375 g/mol. The summed E-state index contributed by atoms with van der Waals surface area (Å²) in [7, 11) is 0. The third-order valence-electron chi connectivity index (χ3n) is 4.90. The fourth-order valence-corrected chi connectivity index (χ4v) is 4.37. The number of para-hydroxylation sites is 1. The largest absolute Gasteiger partial charge is 0.368 e. The first-order chi connectivity index (χ1) is 13.3. The SMILES string of the molecule is O=C(c1nc2ccccc2s1)N1CCN(c2ccc3ncncc3c2)CC1. The standard InChI is InChI=1S/C20H17N5OS/c26-20(19-23-17-3-1-2-4-18(17)27-19)25-9-7-24(8-10-25)15-5-6-16-14(11-15)12-21-13-22-16/h1-6,11-13H,7-10H2. The average molecular weight is 375 g/mol. The zero-order valence-electron chi connectivity index (χ0n) is 14.6. The molecule has 5 rings (SSSR count). The Labute approximate surface area is 160 Å². The zero-order chi connectivity index (χ0) is 18.2. The van der Waals surface area contributed by atoms with Crippen molar-refractivity contribution in [1.29, 1.82) is 0 Å². The minimum absolute atomic E-state index is 0.0303. The third kappa shape index (κ3) is 3.00. The lowest BCUT2D eigenvalue weighted by Gasteiger charge is -2.35. The maximum absolute atomic E-state index is 12.8. The molecule has 2 aromatic heterocycles. The molecule has 1 aliphatic heterocycles. The van der Waals surface area contributed by atoms with E-state index in [4.69, 9.17) is 0 Å². The predicted octanol–water partition coefficient (Wildman–Crippen LogP) is 3.20. The number of thiazole rings is 1. The summed E-state index contributed by atoms with van der Waals surface area (Å²) in [5, 5.41) is 1.61. The number of hydrogen-bond acceptors (Lipinski definition) is 6. The number of carbonyl (C=O) groups is 1. The summed E-state index contributed by atoms with van der Waals surface area (Å²) >= 11 is 1.47. The number of benzene rings is 2. The predicted molar refractivity (Wildman–Crippen MR) is 107 cm³/mol. The maximum atomic E-state index is 12.8. The lowest BCUT2D eigenvalue weighted by atomic mass is 10.2. The van der Waals surface area contributed by atoms with Crippen molar-refractivity contribution >= 4 is 44.1 Å². The second kappa shape index (κ2) is 6.59. The molecule has 0 aliphatic carbocycles. The van der Waals surface area contributed by atoms with E-state index in [2.05, 4.69) is 32.0 Å². The molecule has 1 amide bonds. The normalized spacial score (nSPS) is 14.8. The molecule has 1 aliphatic rings. The molecule has 7 heteroatoms. The van der Waals surface area contributed by atoms with Gasteiger partial charge in [-0.2, -0.15) is 0 Å². The molecule has 134 valence electrons. The molecule has 0 N–H and O–H groups in total. The van der Waals surface area contributed by atoms with Gasteiger partial charge in [-0.1, -0.05) is 12.1 Å². The van der Waals surface area contributed by atoms with Crippen LogP contribution in [-0.4, -0.2) is 51.9 Å². The van der Waals surface area contributed by atoms with Crippen molar-refractivity contribution in [2.75, 3.05) is 31.1 Å². The molecule has 6 nitrogen and oxygen atoms in total. The van der Waals surface area contributed by atoms with Crippen molar-refractivity contribution in [1.82, 2.24) is 19.9 Å². The highest BCUT2D eigenvalue weighted by Crippen LogP contribution is 2.25. The molecule has 0 spiro atoms. The van der Waals surface area contributed by atoms with Crippen LogP contribution < -0.4 is 4.90 Å². The van der Waals surface area contributed by atoms with Crippen molar-refractivity contribution in [3.05, 3.63) is 60.0 Å². The summed E-state index contributed by atoms with van der Waals surface area (Å²) in [6.07, 6.45) is 3.40. The van der Waals surface area contributed by atoms with E-state index in [1.54, 1.807) is 6.33 Å². The molecule has 1 fully saturated rings. The second-order valence-electron chi connectivity index (χ2n) is 6.53. The van der Waals surface area contributed by atoms with Crippen LogP contribution in [0.25, 0.3) is 21.1 Å².